The predicted molar refractivity (Wildman–Crippen MR) is 139 cm³/mol. The minimum Gasteiger partial charge on any atom is -0.493 e. The van der Waals surface area contributed by atoms with Gasteiger partial charge in [-0.2, -0.15) is 4.39 Å². The van der Waals surface area contributed by atoms with Crippen LogP contribution in [0.25, 0.3) is 11.1 Å². The van der Waals surface area contributed by atoms with Crippen molar-refractivity contribution in [3.63, 3.8) is 0 Å². The van der Waals surface area contributed by atoms with Crippen molar-refractivity contribution in [1.82, 2.24) is 0 Å². The van der Waals surface area contributed by atoms with E-state index in [1.807, 2.05) is 0 Å². The number of aliphatic hydroxyl groups is 1. The Balaban J connectivity index is 1.36. The lowest BCUT2D eigenvalue weighted by atomic mass is 9.78. The normalized spacial score (nSPS) is 18.0. The maximum Gasteiger partial charge on any atom is 0.314 e. The highest BCUT2D eigenvalue weighted by atomic mass is 19.2. The summed E-state index contributed by atoms with van der Waals surface area (Å²) in [4.78, 5) is 12.7. The predicted octanol–water partition coefficient (Wildman–Crippen LogP) is 7.66. The molecule has 1 unspecified atom stereocenters. The van der Waals surface area contributed by atoms with E-state index in [4.69, 9.17) is 9.47 Å². The zero-order chi connectivity index (χ0) is 27.2. The van der Waals surface area contributed by atoms with Gasteiger partial charge in [-0.25, -0.2) is 8.78 Å². The maximum absolute atomic E-state index is 14.8. The monoisotopic (exact) mass is 524 g/mol. The molecule has 0 radical (unpaired) electrons. The molecule has 38 heavy (non-hydrogen) atoms. The molecule has 1 atom stereocenters. The molecule has 3 aromatic carbocycles. The third-order valence-electron chi connectivity index (χ3n) is 7.02. The van der Waals surface area contributed by atoms with Gasteiger partial charge in [-0.1, -0.05) is 36.4 Å². The Kier molecular flexibility index (Phi) is 8.89. The molecule has 0 aliphatic heterocycles. The van der Waals surface area contributed by atoms with Gasteiger partial charge in [0.2, 0.25) is 5.82 Å². The SMILES string of the molecule is C=CCCOc1ccc(C2CCC(C(=O)Oc3ccc(-c4ccc(C(C)O)cc4)c(F)c3F)CC2)c(F)c1. The van der Waals surface area contributed by atoms with Crippen LogP contribution < -0.4 is 9.47 Å². The quantitative estimate of drug-likeness (QED) is 0.135. The van der Waals surface area contributed by atoms with Crippen LogP contribution in [0.2, 0.25) is 0 Å². The molecule has 1 saturated carbocycles. The van der Waals surface area contributed by atoms with Crippen molar-refractivity contribution in [3.05, 3.63) is 95.8 Å². The first-order valence-electron chi connectivity index (χ1n) is 12.8. The van der Waals surface area contributed by atoms with Crippen LogP contribution in [0.1, 0.15) is 62.2 Å². The lowest BCUT2D eigenvalue weighted by Crippen LogP contribution is -2.25. The summed E-state index contributed by atoms with van der Waals surface area (Å²) in [5.74, 6) is -3.84. The molecule has 4 nitrogen and oxygen atoms in total. The molecule has 1 N–H and O–H groups in total. The summed E-state index contributed by atoms with van der Waals surface area (Å²) in [6.07, 6.45) is 3.79. The van der Waals surface area contributed by atoms with Crippen LogP contribution in [0, 0.1) is 23.4 Å². The van der Waals surface area contributed by atoms with Crippen molar-refractivity contribution < 1.29 is 32.5 Å². The molecule has 0 spiro atoms. The first-order valence-corrected chi connectivity index (χ1v) is 12.8. The number of aliphatic hydroxyl groups excluding tert-OH is 1. The van der Waals surface area contributed by atoms with E-state index >= 15 is 0 Å². The fourth-order valence-electron chi connectivity index (χ4n) is 4.80. The fraction of sp³-hybridized carbons (Fsp3) is 0.323. The zero-order valence-corrected chi connectivity index (χ0v) is 21.3. The Labute approximate surface area is 220 Å². The summed E-state index contributed by atoms with van der Waals surface area (Å²) in [5.41, 5.74) is 1.70. The van der Waals surface area contributed by atoms with E-state index in [1.54, 1.807) is 49.4 Å². The summed E-state index contributed by atoms with van der Waals surface area (Å²) < 4.78 is 55.1. The van der Waals surface area contributed by atoms with Gasteiger partial charge >= 0.3 is 5.97 Å². The number of carbonyl (C=O) groups excluding carboxylic acids is 1. The smallest absolute Gasteiger partial charge is 0.314 e. The second-order valence-corrected chi connectivity index (χ2v) is 9.62. The molecule has 0 aromatic heterocycles. The highest BCUT2D eigenvalue weighted by Crippen LogP contribution is 2.39. The first-order chi connectivity index (χ1) is 18.3. The number of rotatable bonds is 9. The Morgan fingerprint density at radius 3 is 2.37 bits per heavy atom. The van der Waals surface area contributed by atoms with Gasteiger partial charge < -0.3 is 14.6 Å². The third kappa shape index (κ3) is 6.27. The first kappa shape index (κ1) is 27.5. The van der Waals surface area contributed by atoms with Crippen molar-refractivity contribution in [2.24, 2.45) is 5.92 Å². The molecule has 4 rings (SSSR count). The highest BCUT2D eigenvalue weighted by molar-refractivity contribution is 5.76. The minimum atomic E-state index is -1.23. The molecule has 1 fully saturated rings. The van der Waals surface area contributed by atoms with Crippen LogP contribution in [0.5, 0.6) is 11.5 Å². The number of carbonyl (C=O) groups is 1. The molecular formula is C31H31F3O4. The van der Waals surface area contributed by atoms with Crippen LogP contribution >= 0.6 is 0 Å². The molecule has 0 amide bonds. The number of esters is 1. The molecular weight excluding hydrogens is 493 g/mol. The highest BCUT2D eigenvalue weighted by Gasteiger charge is 2.30. The summed E-state index contributed by atoms with van der Waals surface area (Å²) >= 11 is 0. The fourth-order valence-corrected chi connectivity index (χ4v) is 4.80. The van der Waals surface area contributed by atoms with Crippen molar-refractivity contribution in [1.29, 1.82) is 0 Å². The number of hydrogen-bond donors (Lipinski definition) is 1. The van der Waals surface area contributed by atoms with Gasteiger partial charge in [0.25, 0.3) is 0 Å². The zero-order valence-electron chi connectivity index (χ0n) is 21.3. The van der Waals surface area contributed by atoms with E-state index in [0.717, 1.165) is 0 Å². The van der Waals surface area contributed by atoms with Crippen molar-refractivity contribution in [2.75, 3.05) is 6.61 Å². The molecule has 3 aromatic rings. The topological polar surface area (TPSA) is 55.8 Å². The van der Waals surface area contributed by atoms with Gasteiger partial charge in [-0.3, -0.25) is 4.79 Å². The molecule has 1 aliphatic rings. The van der Waals surface area contributed by atoms with Crippen LogP contribution in [-0.4, -0.2) is 17.7 Å². The van der Waals surface area contributed by atoms with Crippen LogP contribution in [-0.2, 0) is 4.79 Å². The summed E-state index contributed by atoms with van der Waals surface area (Å²) in [6, 6.07) is 13.9. The summed E-state index contributed by atoms with van der Waals surface area (Å²) in [7, 11) is 0. The van der Waals surface area contributed by atoms with Crippen LogP contribution in [0.3, 0.4) is 0 Å². The standard InChI is InChI=1S/C31H31F3O4/c1-3-4-17-37-24-13-14-25(27(32)18-24)21-9-11-23(12-10-21)31(36)38-28-16-15-26(29(33)30(28)34)22-7-5-20(6-8-22)19(2)35/h3,5-8,13-16,18-19,21,23,35H,1,4,9-12,17H2,2H3. The second kappa shape index (κ2) is 12.3. The van der Waals surface area contributed by atoms with Crippen LogP contribution in [0.15, 0.2) is 67.3 Å². The van der Waals surface area contributed by atoms with E-state index < -0.39 is 35.4 Å². The van der Waals surface area contributed by atoms with Gasteiger partial charge in [-0.15, -0.1) is 6.58 Å². The Bertz CT molecular complexity index is 1280. The maximum atomic E-state index is 14.8. The van der Waals surface area contributed by atoms with Crippen LogP contribution in [0.4, 0.5) is 13.2 Å². The Morgan fingerprint density at radius 1 is 1.03 bits per heavy atom. The molecule has 200 valence electrons. The number of benzene rings is 3. The van der Waals surface area contributed by atoms with Gasteiger partial charge in [0.05, 0.1) is 18.6 Å². The second-order valence-electron chi connectivity index (χ2n) is 9.62. The summed E-state index contributed by atoms with van der Waals surface area (Å²) in [5, 5.41) is 9.63. The Morgan fingerprint density at radius 2 is 1.74 bits per heavy atom. The lowest BCUT2D eigenvalue weighted by molar-refractivity contribution is -0.140. The van der Waals surface area contributed by atoms with Gasteiger partial charge in [0.15, 0.2) is 11.6 Å². The number of ether oxygens (including phenoxy) is 2. The van der Waals surface area contributed by atoms with Gasteiger partial charge in [-0.05, 0) is 79.8 Å². The van der Waals surface area contributed by atoms with Gasteiger partial charge in [0.1, 0.15) is 11.6 Å². The summed E-state index contributed by atoms with van der Waals surface area (Å²) in [6.45, 7) is 5.67. The molecule has 0 bridgehead atoms. The van der Waals surface area contributed by atoms with Crippen molar-refractivity contribution >= 4 is 5.97 Å². The van der Waals surface area contributed by atoms with E-state index in [2.05, 4.69) is 6.58 Å². The molecule has 1 aliphatic carbocycles. The van der Waals surface area contributed by atoms with Crippen molar-refractivity contribution in [2.45, 2.75) is 51.0 Å². The minimum absolute atomic E-state index is 0.0269. The molecule has 0 heterocycles. The van der Waals surface area contributed by atoms with E-state index in [9.17, 15) is 23.1 Å². The van der Waals surface area contributed by atoms with E-state index in [0.29, 0.717) is 61.2 Å². The van der Waals surface area contributed by atoms with Crippen molar-refractivity contribution in [3.8, 4) is 22.6 Å². The van der Waals surface area contributed by atoms with E-state index in [1.165, 1.54) is 18.2 Å². The average molecular weight is 525 g/mol. The average Bonchev–Trinajstić information content (AvgIpc) is 2.92. The van der Waals surface area contributed by atoms with E-state index in [-0.39, 0.29) is 17.3 Å². The Hall–Kier alpha value is -3.58. The van der Waals surface area contributed by atoms with Gasteiger partial charge in [0, 0.05) is 11.6 Å². The molecule has 0 saturated heterocycles. The number of hydrogen-bond acceptors (Lipinski definition) is 4. The number of halogens is 3. The lowest BCUT2D eigenvalue weighted by Gasteiger charge is -2.28. The third-order valence-corrected chi connectivity index (χ3v) is 7.02. The molecule has 7 heteroatoms. The largest absolute Gasteiger partial charge is 0.493 e.